The van der Waals surface area contributed by atoms with Crippen molar-refractivity contribution in [1.82, 2.24) is 9.97 Å². The molecule has 0 unspecified atom stereocenters. The van der Waals surface area contributed by atoms with Crippen molar-refractivity contribution in [1.29, 1.82) is 0 Å². The number of carbonyl (C=O) groups excluding carboxylic acids is 1. The molecule has 0 bridgehead atoms. The third-order valence-corrected chi connectivity index (χ3v) is 5.72. The van der Waals surface area contributed by atoms with Gasteiger partial charge in [0.25, 0.3) is 0 Å². The second kappa shape index (κ2) is 7.57. The van der Waals surface area contributed by atoms with Crippen LogP contribution in [-0.4, -0.2) is 15.9 Å². The highest BCUT2D eigenvalue weighted by atomic mass is 32.1. The fraction of sp³-hybridized carbons (Fsp3) is 0.0500. The number of fused-ring (bicyclic) bond motifs is 1. The van der Waals surface area contributed by atoms with Gasteiger partial charge in [-0.25, -0.2) is 18.7 Å². The first-order chi connectivity index (χ1) is 13.5. The summed E-state index contributed by atoms with van der Waals surface area (Å²) in [5.74, 6) is -1.94. The quantitative estimate of drug-likeness (QED) is 0.419. The molecule has 28 heavy (non-hydrogen) atoms. The molecule has 0 aliphatic rings. The molecule has 0 aliphatic heterocycles. The van der Waals surface area contributed by atoms with Crippen molar-refractivity contribution >= 4 is 61.8 Å². The molecule has 4 rings (SSSR count). The van der Waals surface area contributed by atoms with Crippen LogP contribution in [0.5, 0.6) is 0 Å². The summed E-state index contributed by atoms with van der Waals surface area (Å²) in [7, 11) is 0. The minimum absolute atomic E-state index is 0.0371. The zero-order valence-electron chi connectivity index (χ0n) is 14.6. The van der Waals surface area contributed by atoms with Crippen LogP contribution in [0.1, 0.15) is 17.6 Å². The van der Waals surface area contributed by atoms with Crippen LogP contribution in [0.25, 0.3) is 22.4 Å². The molecule has 0 N–H and O–H groups in total. The molecule has 0 radical (unpaired) electrons. The van der Waals surface area contributed by atoms with Gasteiger partial charge in [-0.2, -0.15) is 0 Å². The molecule has 140 valence electrons. The van der Waals surface area contributed by atoms with Gasteiger partial charge in [-0.15, -0.1) is 22.7 Å². The van der Waals surface area contributed by atoms with E-state index in [0.29, 0.717) is 10.8 Å². The van der Waals surface area contributed by atoms with E-state index in [1.54, 1.807) is 22.8 Å². The zero-order chi connectivity index (χ0) is 19.7. The molecule has 0 fully saturated rings. The minimum Gasteiger partial charge on any atom is -0.274 e. The van der Waals surface area contributed by atoms with Gasteiger partial charge < -0.3 is 0 Å². The molecule has 0 spiro atoms. The maximum atomic E-state index is 14.1. The van der Waals surface area contributed by atoms with Crippen LogP contribution < -0.4 is 4.90 Å². The minimum atomic E-state index is -0.822. The molecular weight excluding hydrogens is 400 g/mol. The lowest BCUT2D eigenvalue weighted by Crippen LogP contribution is -2.23. The van der Waals surface area contributed by atoms with Crippen LogP contribution in [0.4, 0.5) is 19.6 Å². The molecule has 4 nitrogen and oxygen atoms in total. The lowest BCUT2D eigenvalue weighted by molar-refractivity contribution is -0.115. The van der Waals surface area contributed by atoms with Gasteiger partial charge in [-0.05, 0) is 36.4 Å². The highest BCUT2D eigenvalue weighted by Gasteiger charge is 2.21. The maximum Gasteiger partial charge on any atom is 0.230 e. The number of hydrogen-bond donors (Lipinski definition) is 0. The van der Waals surface area contributed by atoms with Crippen molar-refractivity contribution in [2.75, 3.05) is 4.90 Å². The number of carbonyl (C=O) groups is 1. The Morgan fingerprint density at radius 3 is 2.68 bits per heavy atom. The van der Waals surface area contributed by atoms with E-state index in [1.165, 1.54) is 24.3 Å². The van der Waals surface area contributed by atoms with E-state index >= 15 is 0 Å². The molecule has 0 saturated heterocycles. The Hall–Kier alpha value is -2.97. The number of benzene rings is 2. The van der Waals surface area contributed by atoms with E-state index in [1.807, 2.05) is 30.3 Å². The van der Waals surface area contributed by atoms with Crippen molar-refractivity contribution < 1.29 is 13.6 Å². The fourth-order valence-corrected chi connectivity index (χ4v) is 4.36. The Labute approximate surface area is 167 Å². The molecule has 1 amide bonds. The summed E-state index contributed by atoms with van der Waals surface area (Å²) in [5.41, 5.74) is 1.51. The summed E-state index contributed by atoms with van der Waals surface area (Å²) < 4.78 is 28.4. The fourth-order valence-electron chi connectivity index (χ4n) is 2.64. The van der Waals surface area contributed by atoms with Crippen molar-refractivity contribution in [3.05, 3.63) is 70.2 Å². The Bertz CT molecular complexity index is 1170. The smallest absolute Gasteiger partial charge is 0.230 e. The lowest BCUT2D eigenvalue weighted by Gasteiger charge is -2.18. The first-order valence-electron chi connectivity index (χ1n) is 8.26. The average molecular weight is 413 g/mol. The molecule has 2 aromatic heterocycles. The predicted octanol–water partition coefficient (Wildman–Crippen LogP) is 5.89. The van der Waals surface area contributed by atoms with Crippen molar-refractivity contribution in [2.24, 2.45) is 0 Å². The van der Waals surface area contributed by atoms with Crippen molar-refractivity contribution in [2.45, 2.75) is 6.92 Å². The highest BCUT2D eigenvalue weighted by Crippen LogP contribution is 2.32. The largest absolute Gasteiger partial charge is 0.274 e. The van der Waals surface area contributed by atoms with Gasteiger partial charge in [0.2, 0.25) is 5.91 Å². The number of amides is 1. The number of anilines is 2. The van der Waals surface area contributed by atoms with Crippen LogP contribution in [0.2, 0.25) is 0 Å². The Morgan fingerprint density at radius 1 is 1.11 bits per heavy atom. The third kappa shape index (κ3) is 3.69. The monoisotopic (exact) mass is 413 g/mol. The topological polar surface area (TPSA) is 46.1 Å². The number of aromatic nitrogens is 2. The average Bonchev–Trinajstić information content (AvgIpc) is 3.28. The van der Waals surface area contributed by atoms with E-state index in [-0.39, 0.29) is 5.69 Å². The summed E-state index contributed by atoms with van der Waals surface area (Å²) in [5, 5.41) is 2.90. The molecule has 2 heterocycles. The standard InChI is InChI=1S/C20H13F2N3OS2/c1-12(26)25(17-8-6-13(21)10-15(17)22)20-23-14(11-27-20)7-9-19-24-16-4-2-3-5-18(16)28-19/h2-11H,1H3/b9-7+. The Balaban J connectivity index is 1.62. The van der Waals surface area contributed by atoms with Gasteiger partial charge in [-0.3, -0.25) is 9.69 Å². The van der Waals surface area contributed by atoms with Gasteiger partial charge in [0.1, 0.15) is 16.6 Å². The molecular formula is C20H13F2N3OS2. The number of halogens is 2. The van der Waals surface area contributed by atoms with Gasteiger partial charge in [0.05, 0.1) is 21.6 Å². The first-order valence-corrected chi connectivity index (χ1v) is 9.96. The van der Waals surface area contributed by atoms with Gasteiger partial charge >= 0.3 is 0 Å². The van der Waals surface area contributed by atoms with Crippen molar-refractivity contribution in [3.63, 3.8) is 0 Å². The van der Waals surface area contributed by atoms with Gasteiger partial charge in [0, 0.05) is 18.4 Å². The molecule has 8 heteroatoms. The second-order valence-corrected chi connectivity index (χ2v) is 7.76. The first kappa shape index (κ1) is 18.4. The summed E-state index contributed by atoms with van der Waals surface area (Å²) in [6.07, 6.45) is 3.64. The lowest BCUT2D eigenvalue weighted by atomic mass is 10.2. The predicted molar refractivity (Wildman–Crippen MR) is 110 cm³/mol. The van der Waals surface area contributed by atoms with E-state index < -0.39 is 17.5 Å². The van der Waals surface area contributed by atoms with Crippen molar-refractivity contribution in [3.8, 4) is 0 Å². The van der Waals surface area contributed by atoms with E-state index in [0.717, 1.165) is 32.3 Å². The third-order valence-electron chi connectivity index (χ3n) is 3.87. The van der Waals surface area contributed by atoms with Crippen LogP contribution in [0.15, 0.2) is 47.8 Å². The number of rotatable bonds is 4. The van der Waals surface area contributed by atoms with Gasteiger partial charge in [-0.1, -0.05) is 12.1 Å². The highest BCUT2D eigenvalue weighted by molar-refractivity contribution is 7.19. The molecule has 2 aromatic carbocycles. The number of hydrogen-bond acceptors (Lipinski definition) is 5. The molecule has 0 saturated carbocycles. The number of para-hydroxylation sites is 1. The number of thiazole rings is 2. The Kier molecular flexibility index (Phi) is 4.97. The summed E-state index contributed by atoms with van der Waals surface area (Å²) in [4.78, 5) is 22.1. The van der Waals surface area contributed by atoms with Crippen LogP contribution in [0, 0.1) is 11.6 Å². The number of nitrogens with zero attached hydrogens (tertiary/aromatic N) is 3. The maximum absolute atomic E-state index is 14.1. The van der Waals surface area contributed by atoms with Crippen LogP contribution in [0.3, 0.4) is 0 Å². The second-order valence-electron chi connectivity index (χ2n) is 5.86. The van der Waals surface area contributed by atoms with E-state index in [2.05, 4.69) is 9.97 Å². The SMILES string of the molecule is CC(=O)N(c1nc(/C=C/c2nc3ccccc3s2)cs1)c1ccc(F)cc1F. The molecule has 0 aliphatic carbocycles. The summed E-state index contributed by atoms with van der Waals surface area (Å²) >= 11 is 2.76. The normalized spacial score (nSPS) is 11.4. The molecule has 0 atom stereocenters. The summed E-state index contributed by atoms with van der Waals surface area (Å²) in [6.45, 7) is 1.31. The van der Waals surface area contributed by atoms with Crippen LogP contribution in [-0.2, 0) is 4.79 Å². The van der Waals surface area contributed by atoms with E-state index in [9.17, 15) is 13.6 Å². The zero-order valence-corrected chi connectivity index (χ0v) is 16.2. The van der Waals surface area contributed by atoms with E-state index in [4.69, 9.17) is 0 Å². The Morgan fingerprint density at radius 2 is 1.93 bits per heavy atom. The van der Waals surface area contributed by atoms with Crippen LogP contribution >= 0.6 is 22.7 Å². The molecule has 4 aromatic rings. The van der Waals surface area contributed by atoms with Gasteiger partial charge in [0.15, 0.2) is 5.13 Å². The summed E-state index contributed by atoms with van der Waals surface area (Å²) in [6, 6.07) is 10.9.